The van der Waals surface area contributed by atoms with Crippen molar-refractivity contribution >= 4 is 8.40 Å². The van der Waals surface area contributed by atoms with Crippen molar-refractivity contribution in [3.8, 4) is 0 Å². The standard InChI is InChI=1S/C27H54N2Si/c1-3-5-12-19-26(4-2)30(27-20-13-6-7-14-21-27,28-22-15-8-9-16-23-28)29-24-17-10-11-18-25-29/h26-27H,3-25H2,1-2H3. The lowest BCUT2D eigenvalue weighted by atomic mass is 10.1. The molecule has 1 unspecified atom stereocenters. The Kier molecular flexibility index (Phi) is 11.3. The molecule has 0 N–H and O–H groups in total. The summed E-state index contributed by atoms with van der Waals surface area (Å²) in [5.41, 5.74) is 2.05. The van der Waals surface area contributed by atoms with Gasteiger partial charge in [0.15, 0.2) is 0 Å². The first-order valence-electron chi connectivity index (χ1n) is 14.3. The Balaban J connectivity index is 2.01. The molecule has 0 amide bonds. The quantitative estimate of drug-likeness (QED) is 0.205. The van der Waals surface area contributed by atoms with E-state index >= 15 is 0 Å². The maximum absolute atomic E-state index is 3.27. The van der Waals surface area contributed by atoms with Gasteiger partial charge in [-0.3, -0.25) is 0 Å². The smallest absolute Gasteiger partial charge is 0.213 e. The molecule has 0 aromatic carbocycles. The minimum absolute atomic E-state index is 1.00. The molecule has 3 aliphatic rings. The Labute approximate surface area is 190 Å². The van der Waals surface area contributed by atoms with Gasteiger partial charge in [0.05, 0.1) is 0 Å². The molecule has 176 valence electrons. The zero-order valence-corrected chi connectivity index (χ0v) is 21.8. The van der Waals surface area contributed by atoms with Crippen molar-refractivity contribution in [2.45, 2.75) is 147 Å². The zero-order chi connectivity index (χ0) is 21.1. The van der Waals surface area contributed by atoms with E-state index in [1.807, 2.05) is 0 Å². The Morgan fingerprint density at radius 3 is 1.53 bits per heavy atom. The molecule has 0 aromatic rings. The molecule has 1 atom stereocenters. The molecule has 0 aromatic heterocycles. The second-order valence-corrected chi connectivity index (χ2v) is 15.3. The predicted octanol–water partition coefficient (Wildman–Crippen LogP) is 8.27. The largest absolute Gasteiger partial charge is 0.311 e. The number of hydrogen-bond donors (Lipinski definition) is 0. The van der Waals surface area contributed by atoms with E-state index in [0.717, 1.165) is 11.1 Å². The van der Waals surface area contributed by atoms with Gasteiger partial charge in [-0.2, -0.15) is 0 Å². The molecular formula is C27H54N2Si. The summed E-state index contributed by atoms with van der Waals surface area (Å²) in [5.74, 6) is 0. The van der Waals surface area contributed by atoms with Crippen LogP contribution < -0.4 is 0 Å². The maximum atomic E-state index is 3.27. The third-order valence-corrected chi connectivity index (χ3v) is 15.5. The number of unbranched alkanes of at least 4 members (excludes halogenated alkanes) is 2. The number of rotatable bonds is 9. The second kappa shape index (κ2) is 13.6. The molecule has 2 aliphatic heterocycles. The van der Waals surface area contributed by atoms with Crippen LogP contribution in [0.15, 0.2) is 0 Å². The average molecular weight is 435 g/mol. The first-order valence-corrected chi connectivity index (χ1v) is 16.4. The highest BCUT2D eigenvalue weighted by Gasteiger charge is 2.55. The molecule has 3 fully saturated rings. The van der Waals surface area contributed by atoms with Gasteiger partial charge in [0.1, 0.15) is 0 Å². The summed E-state index contributed by atoms with van der Waals surface area (Å²) in [6, 6.07) is 0. The van der Waals surface area contributed by atoms with Crippen LogP contribution in [0.3, 0.4) is 0 Å². The molecular weight excluding hydrogens is 380 g/mol. The highest BCUT2D eigenvalue weighted by molar-refractivity contribution is 6.77. The van der Waals surface area contributed by atoms with Crippen LogP contribution in [0.2, 0.25) is 11.1 Å². The van der Waals surface area contributed by atoms with Crippen molar-refractivity contribution in [3.63, 3.8) is 0 Å². The van der Waals surface area contributed by atoms with Crippen LogP contribution in [-0.4, -0.2) is 43.7 Å². The van der Waals surface area contributed by atoms with Crippen molar-refractivity contribution in [2.24, 2.45) is 0 Å². The minimum Gasteiger partial charge on any atom is -0.311 e. The summed E-state index contributed by atoms with van der Waals surface area (Å²) < 4.78 is 6.53. The van der Waals surface area contributed by atoms with Crippen LogP contribution in [-0.2, 0) is 0 Å². The van der Waals surface area contributed by atoms with Gasteiger partial charge in [-0.05, 0) is 62.9 Å². The Morgan fingerprint density at radius 2 is 1.10 bits per heavy atom. The van der Waals surface area contributed by atoms with E-state index in [1.165, 1.54) is 135 Å². The van der Waals surface area contributed by atoms with E-state index < -0.39 is 8.40 Å². The third kappa shape index (κ3) is 6.13. The molecule has 2 heterocycles. The van der Waals surface area contributed by atoms with Crippen molar-refractivity contribution in [1.29, 1.82) is 0 Å². The Hall–Kier alpha value is 0.137. The van der Waals surface area contributed by atoms with E-state index in [4.69, 9.17) is 0 Å². The SMILES string of the molecule is CCCCCC(CC)[Si](C1CCCCCC1)(N1CCCCCC1)N1CCCCCC1. The van der Waals surface area contributed by atoms with E-state index in [-0.39, 0.29) is 0 Å². The third-order valence-electron chi connectivity index (χ3n) is 8.93. The van der Waals surface area contributed by atoms with Gasteiger partial charge < -0.3 is 9.13 Å². The summed E-state index contributed by atoms with van der Waals surface area (Å²) in [4.78, 5) is 0. The summed E-state index contributed by atoms with van der Waals surface area (Å²) in [7, 11) is -1.70. The molecule has 0 bridgehead atoms. The first-order chi connectivity index (χ1) is 14.8. The molecule has 1 aliphatic carbocycles. The van der Waals surface area contributed by atoms with E-state index in [2.05, 4.69) is 23.0 Å². The van der Waals surface area contributed by atoms with Crippen LogP contribution in [0.4, 0.5) is 0 Å². The van der Waals surface area contributed by atoms with Crippen LogP contribution in [0.5, 0.6) is 0 Å². The molecule has 0 spiro atoms. The fourth-order valence-electron chi connectivity index (χ4n) is 7.49. The zero-order valence-electron chi connectivity index (χ0n) is 20.8. The fourth-order valence-corrected chi connectivity index (χ4v) is 15.2. The van der Waals surface area contributed by atoms with Gasteiger partial charge in [0, 0.05) is 0 Å². The van der Waals surface area contributed by atoms with E-state index in [0.29, 0.717) is 0 Å². The summed E-state index contributed by atoms with van der Waals surface area (Å²) >= 11 is 0. The van der Waals surface area contributed by atoms with Crippen LogP contribution in [0, 0.1) is 0 Å². The fraction of sp³-hybridized carbons (Fsp3) is 1.00. The van der Waals surface area contributed by atoms with Gasteiger partial charge in [-0.25, -0.2) is 0 Å². The first kappa shape index (κ1) is 24.8. The lowest BCUT2D eigenvalue weighted by Gasteiger charge is -2.57. The van der Waals surface area contributed by atoms with Gasteiger partial charge in [0.2, 0.25) is 8.40 Å². The molecule has 1 saturated carbocycles. The molecule has 0 radical (unpaired) electrons. The molecule has 3 rings (SSSR count). The lowest BCUT2D eigenvalue weighted by Crippen LogP contribution is -2.71. The lowest BCUT2D eigenvalue weighted by molar-refractivity contribution is 0.288. The van der Waals surface area contributed by atoms with Crippen molar-refractivity contribution < 1.29 is 0 Å². The molecule has 3 heteroatoms. The van der Waals surface area contributed by atoms with Crippen molar-refractivity contribution in [1.82, 2.24) is 9.13 Å². The molecule has 2 nitrogen and oxygen atoms in total. The van der Waals surface area contributed by atoms with Crippen LogP contribution in [0.25, 0.3) is 0 Å². The second-order valence-electron chi connectivity index (χ2n) is 10.9. The molecule has 2 saturated heterocycles. The van der Waals surface area contributed by atoms with Gasteiger partial charge in [-0.15, -0.1) is 0 Å². The van der Waals surface area contributed by atoms with Crippen LogP contribution in [0.1, 0.15) is 136 Å². The Bertz CT molecular complexity index is 380. The average Bonchev–Trinajstić information content (AvgIpc) is 3.30. The van der Waals surface area contributed by atoms with Gasteiger partial charge in [-0.1, -0.05) is 110 Å². The van der Waals surface area contributed by atoms with E-state index in [9.17, 15) is 0 Å². The normalized spacial score (nSPS) is 25.4. The topological polar surface area (TPSA) is 6.48 Å². The molecule has 30 heavy (non-hydrogen) atoms. The van der Waals surface area contributed by atoms with Crippen molar-refractivity contribution in [2.75, 3.05) is 26.2 Å². The summed E-state index contributed by atoms with van der Waals surface area (Å²) in [5, 5.41) is 0. The number of hydrogen-bond acceptors (Lipinski definition) is 2. The van der Waals surface area contributed by atoms with E-state index in [1.54, 1.807) is 12.8 Å². The Morgan fingerprint density at radius 1 is 0.633 bits per heavy atom. The highest BCUT2D eigenvalue weighted by Crippen LogP contribution is 2.50. The van der Waals surface area contributed by atoms with Crippen LogP contribution >= 0.6 is 0 Å². The number of nitrogens with zero attached hydrogens (tertiary/aromatic N) is 2. The maximum Gasteiger partial charge on any atom is 0.213 e. The van der Waals surface area contributed by atoms with Crippen molar-refractivity contribution in [3.05, 3.63) is 0 Å². The summed E-state index contributed by atoms with van der Waals surface area (Å²) in [6.45, 7) is 10.7. The summed E-state index contributed by atoms with van der Waals surface area (Å²) in [6.07, 6.45) is 28.3. The van der Waals surface area contributed by atoms with Gasteiger partial charge in [0.25, 0.3) is 0 Å². The van der Waals surface area contributed by atoms with Gasteiger partial charge >= 0.3 is 0 Å². The predicted molar refractivity (Wildman–Crippen MR) is 135 cm³/mol. The minimum atomic E-state index is -1.70. The highest BCUT2D eigenvalue weighted by atomic mass is 28.4. The monoisotopic (exact) mass is 434 g/mol.